The van der Waals surface area contributed by atoms with Crippen molar-refractivity contribution < 1.29 is 31.0 Å². The van der Waals surface area contributed by atoms with Crippen molar-refractivity contribution >= 4 is 16.7 Å². The van der Waals surface area contributed by atoms with Crippen LogP contribution in [0.3, 0.4) is 0 Å². The van der Waals surface area contributed by atoms with Crippen molar-refractivity contribution in [2.45, 2.75) is 20.8 Å². The van der Waals surface area contributed by atoms with E-state index in [0.29, 0.717) is 0 Å². The Morgan fingerprint density at radius 2 is 1.84 bits per heavy atom. The van der Waals surface area contributed by atoms with Gasteiger partial charge in [0.25, 0.3) is 0 Å². The third-order valence-electron chi connectivity index (χ3n) is 3.30. The summed E-state index contributed by atoms with van der Waals surface area (Å²) in [4.78, 5) is 14.5. The molecule has 1 N–H and O–H groups in total. The monoisotopic (exact) mass is 513 g/mol. The Labute approximate surface area is 162 Å². The second kappa shape index (κ2) is 9.90. The molecule has 0 unspecified atom stereocenters. The molecule has 0 atom stereocenters. The van der Waals surface area contributed by atoms with Gasteiger partial charge in [0.2, 0.25) is 0 Å². The molecular formula is C21H20NO2Pt-. The third kappa shape index (κ3) is 6.28. The van der Waals surface area contributed by atoms with Crippen LogP contribution in [0, 0.1) is 13.0 Å². The van der Waals surface area contributed by atoms with E-state index in [1.807, 2.05) is 18.3 Å². The summed E-state index contributed by atoms with van der Waals surface area (Å²) < 4.78 is 0. The maximum atomic E-state index is 10.0. The number of aliphatic hydroxyl groups excluding tert-OH is 1. The van der Waals surface area contributed by atoms with Crippen molar-refractivity contribution in [2.75, 3.05) is 0 Å². The van der Waals surface area contributed by atoms with E-state index in [1.165, 1.54) is 30.9 Å². The van der Waals surface area contributed by atoms with E-state index in [0.717, 1.165) is 16.6 Å². The first-order valence-electron chi connectivity index (χ1n) is 7.67. The van der Waals surface area contributed by atoms with Crippen LogP contribution in [-0.4, -0.2) is 15.9 Å². The second-order valence-corrected chi connectivity index (χ2v) is 5.56. The predicted octanol–water partition coefficient (Wildman–Crippen LogP) is 5.05. The predicted molar refractivity (Wildman–Crippen MR) is 97.8 cm³/mol. The van der Waals surface area contributed by atoms with Crippen LogP contribution in [0.4, 0.5) is 0 Å². The average Bonchev–Trinajstić information content (AvgIpc) is 2.54. The molecule has 0 aliphatic rings. The molecule has 3 nitrogen and oxygen atoms in total. The zero-order valence-electron chi connectivity index (χ0n) is 14.4. The molecule has 3 aromatic rings. The standard InChI is InChI=1S/C16H12N.C5H8O2.Pt/c1-12-7-9-13(10-8-12)15-6-2-4-14-5-3-11-17-16(14)15;1-4(6)3-5(2)7;/h2-9,11H,1H3;3,6H,1-2H3;/q-1;;/b;4-3-;. The SMILES string of the molecule is CC(=O)/C=C(/C)O.Cc1c[c-]c(-c2cccc3cccnc23)cc1.[Pt]. The van der Waals surface area contributed by atoms with E-state index in [2.05, 4.69) is 54.4 Å². The number of para-hydroxylation sites is 1. The number of nitrogens with zero attached hydrogens (tertiary/aromatic N) is 1. The Bertz CT molecular complexity index is 861. The number of carbonyl (C=O) groups is 1. The summed E-state index contributed by atoms with van der Waals surface area (Å²) in [5.74, 6) is -0.0625. The number of fused-ring (bicyclic) bond motifs is 1. The average molecular weight is 513 g/mol. The number of aryl methyl sites for hydroxylation is 1. The molecule has 1 heterocycles. The Morgan fingerprint density at radius 1 is 1.12 bits per heavy atom. The molecule has 132 valence electrons. The molecule has 0 saturated carbocycles. The topological polar surface area (TPSA) is 50.2 Å². The number of rotatable bonds is 2. The first kappa shape index (κ1) is 20.8. The second-order valence-electron chi connectivity index (χ2n) is 5.56. The number of pyridine rings is 1. The van der Waals surface area contributed by atoms with Crippen LogP contribution in [0.5, 0.6) is 0 Å². The van der Waals surface area contributed by atoms with Gasteiger partial charge in [-0.05, 0) is 25.3 Å². The van der Waals surface area contributed by atoms with Gasteiger partial charge in [-0.25, -0.2) is 0 Å². The molecule has 0 aliphatic heterocycles. The van der Waals surface area contributed by atoms with Crippen LogP contribution >= 0.6 is 0 Å². The third-order valence-corrected chi connectivity index (χ3v) is 3.30. The number of hydrogen-bond donors (Lipinski definition) is 1. The van der Waals surface area contributed by atoms with Crippen LogP contribution in [-0.2, 0) is 25.9 Å². The molecule has 0 radical (unpaired) electrons. The zero-order valence-corrected chi connectivity index (χ0v) is 16.7. The minimum atomic E-state index is -0.125. The molecule has 3 rings (SSSR count). The summed E-state index contributed by atoms with van der Waals surface area (Å²) in [6.07, 6.45) is 3.00. The van der Waals surface area contributed by atoms with Gasteiger partial charge in [-0.15, -0.1) is 35.4 Å². The van der Waals surface area contributed by atoms with E-state index in [-0.39, 0.29) is 32.6 Å². The minimum absolute atomic E-state index is 0. The van der Waals surface area contributed by atoms with E-state index in [9.17, 15) is 4.79 Å². The van der Waals surface area contributed by atoms with Gasteiger partial charge in [-0.3, -0.25) is 9.78 Å². The van der Waals surface area contributed by atoms with Gasteiger partial charge in [0.1, 0.15) is 0 Å². The van der Waals surface area contributed by atoms with Crippen molar-refractivity contribution in [1.82, 2.24) is 4.98 Å². The Balaban J connectivity index is 0.000000339. The number of allylic oxidation sites excluding steroid dienone is 2. The normalized spacial score (nSPS) is 10.4. The number of carbonyl (C=O) groups excluding carboxylic acids is 1. The molecule has 1 aromatic heterocycles. The molecule has 0 saturated heterocycles. The fraction of sp³-hybridized carbons (Fsp3) is 0.143. The molecule has 0 bridgehead atoms. The smallest absolute Gasteiger partial charge is 0.155 e. The Kier molecular flexibility index (Phi) is 8.24. The molecule has 2 aromatic carbocycles. The number of ketones is 1. The molecular weight excluding hydrogens is 493 g/mol. The summed E-state index contributed by atoms with van der Waals surface area (Å²) >= 11 is 0. The Hall–Kier alpha value is -2.25. The summed E-state index contributed by atoms with van der Waals surface area (Å²) in [5.41, 5.74) is 4.50. The van der Waals surface area contributed by atoms with Crippen LogP contribution in [0.1, 0.15) is 19.4 Å². The fourth-order valence-electron chi connectivity index (χ4n) is 2.29. The van der Waals surface area contributed by atoms with Crippen LogP contribution < -0.4 is 0 Å². The fourth-order valence-corrected chi connectivity index (χ4v) is 2.29. The zero-order chi connectivity index (χ0) is 17.5. The van der Waals surface area contributed by atoms with Gasteiger partial charge in [0, 0.05) is 38.9 Å². The van der Waals surface area contributed by atoms with Crippen LogP contribution in [0.25, 0.3) is 22.0 Å². The summed E-state index contributed by atoms with van der Waals surface area (Å²) in [7, 11) is 0. The largest absolute Gasteiger partial charge is 0.512 e. The van der Waals surface area contributed by atoms with Gasteiger partial charge < -0.3 is 5.11 Å². The van der Waals surface area contributed by atoms with Crippen LogP contribution in [0.15, 0.2) is 66.6 Å². The van der Waals surface area contributed by atoms with Gasteiger partial charge in [-0.1, -0.05) is 36.8 Å². The maximum absolute atomic E-state index is 10.0. The van der Waals surface area contributed by atoms with E-state index >= 15 is 0 Å². The molecule has 0 amide bonds. The van der Waals surface area contributed by atoms with Gasteiger partial charge in [0.15, 0.2) is 5.78 Å². The number of hydrogen-bond acceptors (Lipinski definition) is 3. The molecule has 0 fully saturated rings. The van der Waals surface area contributed by atoms with Crippen molar-refractivity contribution in [2.24, 2.45) is 0 Å². The number of aliphatic hydroxyl groups is 1. The molecule has 0 spiro atoms. The van der Waals surface area contributed by atoms with Crippen molar-refractivity contribution in [3.8, 4) is 11.1 Å². The molecule has 25 heavy (non-hydrogen) atoms. The molecule has 0 aliphatic carbocycles. The Morgan fingerprint density at radius 3 is 2.40 bits per heavy atom. The van der Waals surface area contributed by atoms with Crippen LogP contribution in [0.2, 0.25) is 0 Å². The molecule has 4 heteroatoms. The summed E-state index contributed by atoms with van der Waals surface area (Å²) in [6, 6.07) is 19.8. The van der Waals surface area contributed by atoms with E-state index in [4.69, 9.17) is 5.11 Å². The minimum Gasteiger partial charge on any atom is -0.512 e. The van der Waals surface area contributed by atoms with Gasteiger partial charge >= 0.3 is 0 Å². The first-order chi connectivity index (χ1) is 11.5. The number of benzene rings is 2. The van der Waals surface area contributed by atoms with Crippen molar-refractivity contribution in [3.05, 3.63) is 78.2 Å². The summed E-state index contributed by atoms with van der Waals surface area (Å²) in [6.45, 7) is 4.92. The van der Waals surface area contributed by atoms with Gasteiger partial charge in [-0.2, -0.15) is 0 Å². The van der Waals surface area contributed by atoms with E-state index in [1.54, 1.807) is 0 Å². The number of aromatic nitrogens is 1. The van der Waals surface area contributed by atoms with E-state index < -0.39 is 0 Å². The van der Waals surface area contributed by atoms with Crippen molar-refractivity contribution in [1.29, 1.82) is 0 Å². The quantitative estimate of drug-likeness (QED) is 0.297. The van der Waals surface area contributed by atoms with Gasteiger partial charge in [0.05, 0.1) is 5.76 Å². The first-order valence-corrected chi connectivity index (χ1v) is 7.67. The maximum Gasteiger partial charge on any atom is 0.155 e. The summed E-state index contributed by atoms with van der Waals surface area (Å²) in [5, 5.41) is 9.53. The van der Waals surface area contributed by atoms with Crippen molar-refractivity contribution in [3.63, 3.8) is 0 Å².